The Hall–Kier alpha value is -5.10. The predicted octanol–water partition coefficient (Wildman–Crippen LogP) is 7.68. The van der Waals surface area contributed by atoms with Crippen molar-refractivity contribution >= 4 is 38.9 Å². The van der Waals surface area contributed by atoms with E-state index in [0.717, 1.165) is 56.1 Å². The quantitative estimate of drug-likeness (QED) is 0.244. The summed E-state index contributed by atoms with van der Waals surface area (Å²) in [7, 11) is 3.32. The van der Waals surface area contributed by atoms with Crippen molar-refractivity contribution in [2.45, 2.75) is 0 Å². The first-order valence-corrected chi connectivity index (χ1v) is 12.2. The molecule has 0 aliphatic carbocycles. The monoisotopic (exact) mass is 502 g/mol. The Balaban J connectivity index is 1.48. The number of rotatable bonds is 6. The summed E-state index contributed by atoms with van der Waals surface area (Å²) in [6.07, 6.45) is 0. The molecule has 38 heavy (non-hydrogen) atoms. The van der Waals surface area contributed by atoms with E-state index in [0.29, 0.717) is 0 Å². The Morgan fingerprint density at radius 3 is 1.32 bits per heavy atom. The van der Waals surface area contributed by atoms with Crippen molar-refractivity contribution in [3.63, 3.8) is 0 Å². The van der Waals surface area contributed by atoms with E-state index in [9.17, 15) is 10.2 Å². The third kappa shape index (κ3) is 4.02. The van der Waals surface area contributed by atoms with Gasteiger partial charge in [0.1, 0.15) is 23.0 Å². The van der Waals surface area contributed by atoms with Gasteiger partial charge in [0.05, 0.1) is 25.3 Å². The van der Waals surface area contributed by atoms with Crippen LogP contribution in [0.1, 0.15) is 0 Å². The molecule has 0 radical (unpaired) electrons. The van der Waals surface area contributed by atoms with Crippen LogP contribution in [-0.2, 0) is 0 Å². The molecule has 0 bridgehead atoms. The highest BCUT2D eigenvalue weighted by atomic mass is 16.5. The van der Waals surface area contributed by atoms with Crippen LogP contribution >= 0.6 is 0 Å². The number of benzene rings is 5. The molecule has 188 valence electrons. The van der Waals surface area contributed by atoms with E-state index in [-0.39, 0.29) is 11.5 Å². The third-order valence-corrected chi connectivity index (χ3v) is 6.76. The number of methoxy groups -OCH3 is 2. The molecule has 6 rings (SSSR count). The summed E-state index contributed by atoms with van der Waals surface area (Å²) in [5.41, 5.74) is 5.82. The van der Waals surface area contributed by atoms with Gasteiger partial charge in [0, 0.05) is 33.5 Å². The molecule has 2 N–H and O–H groups in total. The maximum Gasteiger partial charge on any atom is 0.119 e. The van der Waals surface area contributed by atoms with E-state index in [2.05, 4.69) is 33.7 Å². The van der Waals surface area contributed by atoms with Crippen LogP contribution in [0.4, 0.5) is 17.1 Å². The standard InChI is InChI=1S/C32H26N2O4/c1-37-27-13-7-22(8-14-27)33(23-9-15-28(38-2)16-10-23)21-3-5-24(6-4-21)34-31-17-11-25(35)19-29(31)30-20-26(36)12-18-32(30)34/h3-20,35-36H,1-2H3. The molecule has 1 heterocycles. The largest absolute Gasteiger partial charge is 0.508 e. The van der Waals surface area contributed by atoms with E-state index in [1.165, 1.54) is 0 Å². The van der Waals surface area contributed by atoms with E-state index >= 15 is 0 Å². The lowest BCUT2D eigenvalue weighted by Gasteiger charge is -2.26. The summed E-state index contributed by atoms with van der Waals surface area (Å²) in [4.78, 5) is 2.17. The van der Waals surface area contributed by atoms with Gasteiger partial charge in [-0.3, -0.25) is 0 Å². The third-order valence-electron chi connectivity index (χ3n) is 6.76. The van der Waals surface area contributed by atoms with Crippen LogP contribution in [0.5, 0.6) is 23.0 Å². The second-order valence-corrected chi connectivity index (χ2v) is 8.99. The summed E-state index contributed by atoms with van der Waals surface area (Å²) < 4.78 is 12.9. The molecule has 0 saturated heterocycles. The highest BCUT2D eigenvalue weighted by molar-refractivity contribution is 6.10. The number of fused-ring (bicyclic) bond motifs is 3. The first-order valence-electron chi connectivity index (χ1n) is 12.2. The number of ether oxygens (including phenoxy) is 2. The Labute approximate surface area is 220 Å². The van der Waals surface area contributed by atoms with Crippen LogP contribution in [0.15, 0.2) is 109 Å². The van der Waals surface area contributed by atoms with Gasteiger partial charge >= 0.3 is 0 Å². The summed E-state index contributed by atoms with van der Waals surface area (Å²) in [6, 6.07) is 34.9. The Kier molecular flexibility index (Phi) is 5.77. The lowest BCUT2D eigenvalue weighted by atomic mass is 10.1. The van der Waals surface area contributed by atoms with Crippen LogP contribution < -0.4 is 14.4 Å². The first kappa shape index (κ1) is 23.3. The van der Waals surface area contributed by atoms with Gasteiger partial charge < -0.3 is 29.2 Å². The minimum Gasteiger partial charge on any atom is -0.508 e. The van der Waals surface area contributed by atoms with Crippen molar-refractivity contribution in [3.05, 3.63) is 109 Å². The zero-order chi connectivity index (χ0) is 26.2. The molecule has 6 heteroatoms. The average Bonchev–Trinajstić information content (AvgIpc) is 3.27. The minimum atomic E-state index is 0.185. The van der Waals surface area contributed by atoms with Crippen LogP contribution in [0, 0.1) is 0 Å². The smallest absolute Gasteiger partial charge is 0.119 e. The van der Waals surface area contributed by atoms with Crippen LogP contribution in [-0.4, -0.2) is 29.0 Å². The molecule has 0 unspecified atom stereocenters. The molecule has 0 aliphatic rings. The summed E-state index contributed by atoms with van der Waals surface area (Å²) in [5.74, 6) is 1.96. The lowest BCUT2D eigenvalue weighted by molar-refractivity contribution is 0.415. The average molecular weight is 503 g/mol. The minimum absolute atomic E-state index is 0.185. The normalized spacial score (nSPS) is 11.1. The predicted molar refractivity (Wildman–Crippen MR) is 152 cm³/mol. The highest BCUT2D eigenvalue weighted by Gasteiger charge is 2.16. The Morgan fingerprint density at radius 2 is 0.921 bits per heavy atom. The topological polar surface area (TPSA) is 67.1 Å². The van der Waals surface area contributed by atoms with E-state index in [4.69, 9.17) is 9.47 Å². The van der Waals surface area contributed by atoms with E-state index in [1.54, 1.807) is 38.5 Å². The molecular weight excluding hydrogens is 476 g/mol. The number of nitrogens with zero attached hydrogens (tertiary/aromatic N) is 2. The first-order chi connectivity index (χ1) is 18.6. The van der Waals surface area contributed by atoms with Crippen molar-refractivity contribution in [3.8, 4) is 28.7 Å². The van der Waals surface area contributed by atoms with Gasteiger partial charge in [0.25, 0.3) is 0 Å². The molecular formula is C32H26N2O4. The number of anilines is 3. The van der Waals surface area contributed by atoms with Crippen molar-refractivity contribution in [2.75, 3.05) is 19.1 Å². The van der Waals surface area contributed by atoms with E-state index in [1.807, 2.05) is 60.7 Å². The zero-order valence-corrected chi connectivity index (χ0v) is 21.0. The molecule has 0 saturated carbocycles. The molecule has 5 aromatic carbocycles. The fourth-order valence-corrected chi connectivity index (χ4v) is 4.94. The fourth-order valence-electron chi connectivity index (χ4n) is 4.94. The second kappa shape index (κ2) is 9.41. The summed E-state index contributed by atoms with van der Waals surface area (Å²) in [6.45, 7) is 0. The zero-order valence-electron chi connectivity index (χ0n) is 21.0. The maximum absolute atomic E-state index is 10.1. The van der Waals surface area contributed by atoms with E-state index < -0.39 is 0 Å². The van der Waals surface area contributed by atoms with Crippen LogP contribution in [0.3, 0.4) is 0 Å². The lowest BCUT2D eigenvalue weighted by Crippen LogP contribution is -2.10. The van der Waals surface area contributed by atoms with Crippen LogP contribution in [0.25, 0.3) is 27.5 Å². The van der Waals surface area contributed by atoms with Gasteiger partial charge in [-0.25, -0.2) is 0 Å². The number of phenolic OH excluding ortho intramolecular Hbond substituents is 2. The molecule has 6 nitrogen and oxygen atoms in total. The molecule has 0 atom stereocenters. The van der Waals surface area contributed by atoms with Gasteiger partial charge in [-0.2, -0.15) is 0 Å². The maximum atomic E-state index is 10.1. The number of aromatic nitrogens is 1. The van der Waals surface area contributed by atoms with Gasteiger partial charge in [-0.15, -0.1) is 0 Å². The van der Waals surface area contributed by atoms with Crippen molar-refractivity contribution in [1.82, 2.24) is 4.57 Å². The van der Waals surface area contributed by atoms with Crippen molar-refractivity contribution in [1.29, 1.82) is 0 Å². The fraction of sp³-hybridized carbons (Fsp3) is 0.0625. The van der Waals surface area contributed by atoms with Gasteiger partial charge in [-0.05, 0) is 109 Å². The van der Waals surface area contributed by atoms with Gasteiger partial charge in [0.15, 0.2) is 0 Å². The Morgan fingerprint density at radius 1 is 0.526 bits per heavy atom. The molecule has 6 aromatic rings. The van der Waals surface area contributed by atoms with Gasteiger partial charge in [0.2, 0.25) is 0 Å². The molecule has 0 amide bonds. The number of hydrogen-bond acceptors (Lipinski definition) is 5. The number of phenols is 2. The highest BCUT2D eigenvalue weighted by Crippen LogP contribution is 2.39. The second-order valence-electron chi connectivity index (χ2n) is 8.99. The SMILES string of the molecule is COc1ccc(N(c2ccc(OC)cc2)c2ccc(-n3c4ccc(O)cc4c4cc(O)ccc43)cc2)cc1. The van der Waals surface area contributed by atoms with Crippen molar-refractivity contribution in [2.24, 2.45) is 0 Å². The van der Waals surface area contributed by atoms with Gasteiger partial charge in [-0.1, -0.05) is 0 Å². The molecule has 0 fully saturated rings. The molecule has 1 aromatic heterocycles. The molecule has 0 spiro atoms. The number of aromatic hydroxyl groups is 2. The Bertz CT molecular complexity index is 1630. The van der Waals surface area contributed by atoms with Crippen molar-refractivity contribution < 1.29 is 19.7 Å². The van der Waals surface area contributed by atoms with Crippen LogP contribution in [0.2, 0.25) is 0 Å². The summed E-state index contributed by atoms with van der Waals surface area (Å²) >= 11 is 0. The number of hydrogen-bond donors (Lipinski definition) is 2. The summed E-state index contributed by atoms with van der Waals surface area (Å²) in [5, 5.41) is 22.0. The molecule has 0 aliphatic heterocycles.